The zero-order chi connectivity index (χ0) is 15.4. The van der Waals surface area contributed by atoms with Gasteiger partial charge in [-0.15, -0.1) is 0 Å². The second-order valence-electron chi connectivity index (χ2n) is 4.15. The molecule has 4 nitrogen and oxygen atoms in total. The van der Waals surface area contributed by atoms with Crippen molar-refractivity contribution in [2.24, 2.45) is 0 Å². The fourth-order valence-electron chi connectivity index (χ4n) is 1.66. The van der Waals surface area contributed by atoms with Crippen LogP contribution in [0.2, 0.25) is 10.0 Å². The smallest absolute Gasteiger partial charge is 0.340 e. The lowest BCUT2D eigenvalue weighted by Crippen LogP contribution is -2.08. The molecule has 2 rings (SSSR count). The number of esters is 1. The van der Waals surface area contributed by atoms with Crippen LogP contribution in [0, 0.1) is 0 Å². The van der Waals surface area contributed by atoms with Crippen molar-refractivity contribution in [2.75, 3.05) is 12.3 Å². The SMILES string of the molecule is CCOC(=O)c1cc(Oc2ccc(Cl)c(Cl)c2)ccc1N. The second kappa shape index (κ2) is 6.70. The van der Waals surface area contributed by atoms with Crippen LogP contribution in [0.4, 0.5) is 5.69 Å². The molecule has 0 aromatic heterocycles. The van der Waals surface area contributed by atoms with Gasteiger partial charge in [-0.2, -0.15) is 0 Å². The lowest BCUT2D eigenvalue weighted by molar-refractivity contribution is 0.0527. The summed E-state index contributed by atoms with van der Waals surface area (Å²) in [5, 5.41) is 0.823. The van der Waals surface area contributed by atoms with Crippen LogP contribution in [-0.4, -0.2) is 12.6 Å². The van der Waals surface area contributed by atoms with E-state index in [1.54, 1.807) is 37.3 Å². The van der Waals surface area contributed by atoms with Crippen LogP contribution in [-0.2, 0) is 4.74 Å². The number of anilines is 1. The van der Waals surface area contributed by atoms with Crippen molar-refractivity contribution in [1.82, 2.24) is 0 Å². The number of halogens is 2. The first-order valence-electron chi connectivity index (χ1n) is 6.20. The van der Waals surface area contributed by atoms with Gasteiger partial charge in [-0.1, -0.05) is 23.2 Å². The van der Waals surface area contributed by atoms with Crippen molar-refractivity contribution in [2.45, 2.75) is 6.92 Å². The number of ether oxygens (including phenoxy) is 2. The maximum absolute atomic E-state index is 11.8. The molecule has 0 radical (unpaired) electrons. The summed E-state index contributed by atoms with van der Waals surface area (Å²) in [6.45, 7) is 2.00. The number of hydrogen-bond acceptors (Lipinski definition) is 4. The Balaban J connectivity index is 2.26. The van der Waals surface area contributed by atoms with Crippen LogP contribution < -0.4 is 10.5 Å². The second-order valence-corrected chi connectivity index (χ2v) is 4.96. The topological polar surface area (TPSA) is 61.5 Å². The number of rotatable bonds is 4. The zero-order valence-corrected chi connectivity index (χ0v) is 12.7. The Morgan fingerprint density at radius 1 is 1.10 bits per heavy atom. The monoisotopic (exact) mass is 325 g/mol. The maximum Gasteiger partial charge on any atom is 0.340 e. The summed E-state index contributed by atoms with van der Waals surface area (Å²) in [6, 6.07) is 9.65. The molecule has 2 aromatic rings. The fraction of sp³-hybridized carbons (Fsp3) is 0.133. The summed E-state index contributed by atoms with van der Waals surface area (Å²) in [4.78, 5) is 11.8. The summed E-state index contributed by atoms with van der Waals surface area (Å²) in [5.74, 6) is 0.462. The van der Waals surface area contributed by atoms with E-state index in [0.29, 0.717) is 27.2 Å². The largest absolute Gasteiger partial charge is 0.462 e. The molecule has 110 valence electrons. The van der Waals surface area contributed by atoms with E-state index in [1.165, 1.54) is 6.07 Å². The standard InChI is InChI=1S/C15H13Cl2NO3/c1-2-20-15(19)11-7-9(4-6-14(11)18)21-10-3-5-12(16)13(17)8-10/h3-8H,2,18H2,1H3. The molecule has 0 saturated carbocycles. The molecule has 0 bridgehead atoms. The van der Waals surface area contributed by atoms with Crippen molar-refractivity contribution in [3.05, 3.63) is 52.0 Å². The maximum atomic E-state index is 11.8. The summed E-state index contributed by atoms with van der Waals surface area (Å²) < 4.78 is 10.6. The van der Waals surface area contributed by atoms with E-state index in [1.807, 2.05) is 0 Å². The third-order valence-corrected chi connectivity index (χ3v) is 3.39. The molecule has 0 aliphatic heterocycles. The Hall–Kier alpha value is -1.91. The highest BCUT2D eigenvalue weighted by Gasteiger charge is 2.12. The third kappa shape index (κ3) is 3.80. The molecule has 2 N–H and O–H groups in total. The molecule has 6 heteroatoms. The quantitative estimate of drug-likeness (QED) is 0.662. The van der Waals surface area contributed by atoms with Gasteiger partial charge in [-0.05, 0) is 37.3 Å². The van der Waals surface area contributed by atoms with Gasteiger partial charge in [0.2, 0.25) is 0 Å². The van der Waals surface area contributed by atoms with Gasteiger partial charge in [-0.3, -0.25) is 0 Å². The lowest BCUT2D eigenvalue weighted by Gasteiger charge is -2.10. The molecule has 0 aliphatic rings. The highest BCUT2D eigenvalue weighted by atomic mass is 35.5. The van der Waals surface area contributed by atoms with E-state index in [9.17, 15) is 4.79 Å². The van der Waals surface area contributed by atoms with Gasteiger partial charge in [-0.25, -0.2) is 4.79 Å². The summed E-state index contributed by atoms with van der Waals surface area (Å²) in [7, 11) is 0. The van der Waals surface area contributed by atoms with E-state index in [4.69, 9.17) is 38.4 Å². The van der Waals surface area contributed by atoms with E-state index >= 15 is 0 Å². The molecular formula is C15H13Cl2NO3. The average molecular weight is 326 g/mol. The predicted molar refractivity (Wildman–Crippen MR) is 83.3 cm³/mol. The van der Waals surface area contributed by atoms with Crippen LogP contribution >= 0.6 is 23.2 Å². The normalized spacial score (nSPS) is 10.2. The van der Waals surface area contributed by atoms with E-state index in [0.717, 1.165) is 0 Å². The molecule has 0 aliphatic carbocycles. The van der Waals surface area contributed by atoms with Gasteiger partial charge < -0.3 is 15.2 Å². The Bertz CT molecular complexity index is 674. The van der Waals surface area contributed by atoms with Gasteiger partial charge in [0.1, 0.15) is 11.5 Å². The van der Waals surface area contributed by atoms with Gasteiger partial charge >= 0.3 is 5.97 Å². The molecule has 0 spiro atoms. The molecule has 0 saturated heterocycles. The minimum atomic E-state index is -0.491. The van der Waals surface area contributed by atoms with Gasteiger partial charge in [0, 0.05) is 11.8 Å². The van der Waals surface area contributed by atoms with E-state index in [-0.39, 0.29) is 12.2 Å². The van der Waals surface area contributed by atoms with Crippen molar-refractivity contribution < 1.29 is 14.3 Å². The predicted octanol–water partition coefficient (Wildman–Crippen LogP) is 4.54. The molecular weight excluding hydrogens is 313 g/mol. The molecule has 0 atom stereocenters. The van der Waals surface area contributed by atoms with Crippen molar-refractivity contribution in [3.63, 3.8) is 0 Å². The first-order chi connectivity index (χ1) is 10.0. The van der Waals surface area contributed by atoms with Gasteiger partial charge in [0.05, 0.1) is 22.2 Å². The van der Waals surface area contributed by atoms with E-state index in [2.05, 4.69) is 0 Å². The number of hydrogen-bond donors (Lipinski definition) is 1. The first-order valence-corrected chi connectivity index (χ1v) is 6.96. The number of carbonyl (C=O) groups is 1. The molecule has 0 amide bonds. The van der Waals surface area contributed by atoms with Crippen molar-refractivity contribution in [1.29, 1.82) is 0 Å². The molecule has 0 fully saturated rings. The van der Waals surface area contributed by atoms with Crippen LogP contribution in [0.15, 0.2) is 36.4 Å². The highest BCUT2D eigenvalue weighted by molar-refractivity contribution is 6.42. The number of benzene rings is 2. The van der Waals surface area contributed by atoms with Crippen LogP contribution in [0.25, 0.3) is 0 Å². The minimum Gasteiger partial charge on any atom is -0.462 e. The Morgan fingerprint density at radius 3 is 2.43 bits per heavy atom. The number of nitrogens with two attached hydrogens (primary N) is 1. The fourth-order valence-corrected chi connectivity index (χ4v) is 1.95. The van der Waals surface area contributed by atoms with Crippen molar-refractivity contribution >= 4 is 34.9 Å². The molecule has 0 heterocycles. The molecule has 2 aromatic carbocycles. The first kappa shape index (κ1) is 15.5. The van der Waals surface area contributed by atoms with E-state index < -0.39 is 5.97 Å². The summed E-state index contributed by atoms with van der Waals surface area (Å²) in [6.07, 6.45) is 0. The average Bonchev–Trinajstić information content (AvgIpc) is 2.45. The number of nitrogen functional groups attached to an aromatic ring is 1. The van der Waals surface area contributed by atoms with Crippen molar-refractivity contribution in [3.8, 4) is 11.5 Å². The zero-order valence-electron chi connectivity index (χ0n) is 11.2. The number of carbonyl (C=O) groups excluding carboxylic acids is 1. The highest BCUT2D eigenvalue weighted by Crippen LogP contribution is 2.30. The summed E-state index contributed by atoms with van der Waals surface area (Å²) >= 11 is 11.8. The molecule has 21 heavy (non-hydrogen) atoms. The van der Waals surface area contributed by atoms with Crippen LogP contribution in [0.1, 0.15) is 17.3 Å². The van der Waals surface area contributed by atoms with Gasteiger partial charge in [0.15, 0.2) is 0 Å². The Labute approximate surface area is 132 Å². The lowest BCUT2D eigenvalue weighted by atomic mass is 10.1. The Morgan fingerprint density at radius 2 is 1.76 bits per heavy atom. The van der Waals surface area contributed by atoms with Gasteiger partial charge in [0.25, 0.3) is 0 Å². The van der Waals surface area contributed by atoms with Crippen LogP contribution in [0.3, 0.4) is 0 Å². The molecule has 0 unspecified atom stereocenters. The van der Waals surface area contributed by atoms with Crippen LogP contribution in [0.5, 0.6) is 11.5 Å². The summed E-state index contributed by atoms with van der Waals surface area (Å²) in [5.41, 5.74) is 6.35. The Kier molecular flexibility index (Phi) is 4.94. The third-order valence-electron chi connectivity index (χ3n) is 2.65. The minimum absolute atomic E-state index is 0.259.